The molecule has 0 heterocycles. The lowest BCUT2D eigenvalue weighted by atomic mass is 10.1. The summed E-state index contributed by atoms with van der Waals surface area (Å²) in [5, 5.41) is 2.64. The number of methoxy groups -OCH3 is 1. The summed E-state index contributed by atoms with van der Waals surface area (Å²) in [6.07, 6.45) is 0. The monoisotopic (exact) mass is 312 g/mol. The van der Waals surface area contributed by atoms with Crippen molar-refractivity contribution in [2.24, 2.45) is 5.73 Å². The lowest BCUT2D eigenvalue weighted by Gasteiger charge is -2.13. The van der Waals surface area contributed by atoms with E-state index in [1.54, 1.807) is 12.1 Å². The molecule has 0 atom stereocenters. The van der Waals surface area contributed by atoms with Gasteiger partial charge in [-0.15, -0.1) is 0 Å². The van der Waals surface area contributed by atoms with Crippen LogP contribution in [-0.2, 0) is 0 Å². The Hall–Kier alpha value is -2.28. The number of hydrogen-bond donors (Lipinski definition) is 2. The van der Waals surface area contributed by atoms with Gasteiger partial charge in [-0.25, -0.2) is 13.2 Å². The highest BCUT2D eigenvalue weighted by Gasteiger charge is 2.15. The van der Waals surface area contributed by atoms with Gasteiger partial charge in [0.15, 0.2) is 17.5 Å². The first kappa shape index (κ1) is 15.1. The zero-order valence-electron chi connectivity index (χ0n) is 10.9. The molecular formula is C14H11F3N2OS. The number of nitrogens with two attached hydrogens (primary N) is 1. The number of anilines is 2. The minimum atomic E-state index is -1.56. The molecule has 0 saturated heterocycles. The first-order chi connectivity index (χ1) is 9.93. The van der Waals surface area contributed by atoms with Crippen molar-refractivity contribution in [3.63, 3.8) is 0 Å². The second kappa shape index (κ2) is 6.01. The minimum absolute atomic E-state index is 0.0724. The molecule has 0 aromatic heterocycles. The molecule has 21 heavy (non-hydrogen) atoms. The van der Waals surface area contributed by atoms with Gasteiger partial charge in [0.05, 0.1) is 18.5 Å². The average molecular weight is 312 g/mol. The predicted molar refractivity (Wildman–Crippen MR) is 78.5 cm³/mol. The fourth-order valence-electron chi connectivity index (χ4n) is 1.74. The van der Waals surface area contributed by atoms with Crippen LogP contribution in [0, 0.1) is 17.5 Å². The highest BCUT2D eigenvalue weighted by Crippen LogP contribution is 2.28. The molecule has 110 valence electrons. The van der Waals surface area contributed by atoms with E-state index in [0.29, 0.717) is 17.0 Å². The molecule has 0 aliphatic heterocycles. The molecule has 0 fully saturated rings. The summed E-state index contributed by atoms with van der Waals surface area (Å²) >= 11 is 4.89. The summed E-state index contributed by atoms with van der Waals surface area (Å²) in [7, 11) is 1.46. The van der Waals surface area contributed by atoms with Crippen molar-refractivity contribution < 1.29 is 17.9 Å². The maximum absolute atomic E-state index is 13.7. The fraction of sp³-hybridized carbons (Fsp3) is 0.0714. The normalized spacial score (nSPS) is 10.3. The third kappa shape index (κ3) is 3.08. The molecule has 0 saturated carbocycles. The Labute approximate surface area is 124 Å². The van der Waals surface area contributed by atoms with Gasteiger partial charge in [0, 0.05) is 11.6 Å². The number of benzene rings is 2. The second-order valence-corrected chi connectivity index (χ2v) is 4.56. The molecule has 0 amide bonds. The topological polar surface area (TPSA) is 47.3 Å². The Balaban J connectivity index is 2.48. The van der Waals surface area contributed by atoms with Crippen molar-refractivity contribution in [3.8, 4) is 5.75 Å². The van der Waals surface area contributed by atoms with Crippen LogP contribution < -0.4 is 15.8 Å². The van der Waals surface area contributed by atoms with E-state index in [2.05, 4.69) is 5.32 Å². The molecule has 0 spiro atoms. The van der Waals surface area contributed by atoms with Crippen molar-refractivity contribution in [1.82, 2.24) is 0 Å². The van der Waals surface area contributed by atoms with Crippen molar-refractivity contribution in [2.45, 2.75) is 0 Å². The molecule has 0 aliphatic rings. The van der Waals surface area contributed by atoms with E-state index in [4.69, 9.17) is 22.7 Å². The van der Waals surface area contributed by atoms with Crippen molar-refractivity contribution in [1.29, 1.82) is 0 Å². The molecule has 3 nitrogen and oxygen atoms in total. The summed E-state index contributed by atoms with van der Waals surface area (Å²) in [6, 6.07) is 6.63. The molecule has 0 unspecified atom stereocenters. The van der Waals surface area contributed by atoms with Gasteiger partial charge in [-0.3, -0.25) is 0 Å². The van der Waals surface area contributed by atoms with Crippen LogP contribution in [-0.4, -0.2) is 12.1 Å². The smallest absolute Gasteiger partial charge is 0.196 e. The van der Waals surface area contributed by atoms with Crippen molar-refractivity contribution in [2.75, 3.05) is 12.4 Å². The Bertz CT molecular complexity index is 707. The lowest BCUT2D eigenvalue weighted by molar-refractivity contribution is 0.415. The molecule has 0 radical (unpaired) electrons. The van der Waals surface area contributed by atoms with Crippen LogP contribution in [0.25, 0.3) is 0 Å². The number of nitrogens with one attached hydrogen (secondary N) is 1. The Kier molecular flexibility index (Phi) is 4.32. The average Bonchev–Trinajstić information content (AvgIpc) is 2.47. The predicted octanol–water partition coefficient (Wildman–Crippen LogP) is 3.49. The number of rotatable bonds is 4. The highest BCUT2D eigenvalue weighted by molar-refractivity contribution is 7.80. The van der Waals surface area contributed by atoms with Crippen LogP contribution in [0.3, 0.4) is 0 Å². The maximum atomic E-state index is 13.7. The maximum Gasteiger partial charge on any atom is 0.196 e. The van der Waals surface area contributed by atoms with Gasteiger partial charge in [0.2, 0.25) is 0 Å². The quantitative estimate of drug-likeness (QED) is 0.670. The SMILES string of the molecule is COc1ccc(C(N)=S)c(Nc2ccc(F)c(F)c2F)c1. The van der Waals surface area contributed by atoms with E-state index >= 15 is 0 Å². The Morgan fingerprint density at radius 3 is 2.43 bits per heavy atom. The molecule has 2 aromatic carbocycles. The van der Waals surface area contributed by atoms with Gasteiger partial charge in [-0.2, -0.15) is 0 Å². The number of thiocarbonyl (C=S) groups is 1. The number of halogens is 3. The third-order valence-corrected chi connectivity index (χ3v) is 3.02. The highest BCUT2D eigenvalue weighted by atomic mass is 32.1. The van der Waals surface area contributed by atoms with E-state index in [1.165, 1.54) is 13.2 Å². The van der Waals surface area contributed by atoms with E-state index in [9.17, 15) is 13.2 Å². The van der Waals surface area contributed by atoms with Crippen LogP contribution in [0.2, 0.25) is 0 Å². The second-order valence-electron chi connectivity index (χ2n) is 4.12. The van der Waals surface area contributed by atoms with Gasteiger partial charge in [-0.05, 0) is 24.3 Å². The Morgan fingerprint density at radius 1 is 1.10 bits per heavy atom. The van der Waals surface area contributed by atoms with Gasteiger partial charge >= 0.3 is 0 Å². The summed E-state index contributed by atoms with van der Waals surface area (Å²) in [5.74, 6) is -3.68. The molecule has 0 bridgehead atoms. The molecule has 7 heteroatoms. The van der Waals surface area contributed by atoms with Crippen LogP contribution >= 0.6 is 12.2 Å². The largest absolute Gasteiger partial charge is 0.497 e. The zero-order chi connectivity index (χ0) is 15.6. The van der Waals surface area contributed by atoms with E-state index in [0.717, 1.165) is 12.1 Å². The minimum Gasteiger partial charge on any atom is -0.497 e. The standard InChI is InChI=1S/C14H11F3N2OS/c1-20-7-2-3-8(14(18)21)11(6-7)19-10-5-4-9(15)12(16)13(10)17/h2-6,19H,1H3,(H2,18,21). The van der Waals surface area contributed by atoms with E-state index in [-0.39, 0.29) is 10.7 Å². The number of hydrogen-bond acceptors (Lipinski definition) is 3. The van der Waals surface area contributed by atoms with E-state index < -0.39 is 17.5 Å². The molecule has 3 N–H and O–H groups in total. The van der Waals surface area contributed by atoms with Crippen molar-refractivity contribution in [3.05, 3.63) is 53.3 Å². The summed E-state index contributed by atoms with van der Waals surface area (Å²) in [4.78, 5) is 0.0724. The van der Waals surface area contributed by atoms with Gasteiger partial charge in [-0.1, -0.05) is 12.2 Å². The molecular weight excluding hydrogens is 301 g/mol. The fourth-order valence-corrected chi connectivity index (χ4v) is 1.91. The van der Waals surface area contributed by atoms with Crippen molar-refractivity contribution >= 4 is 28.6 Å². The Morgan fingerprint density at radius 2 is 1.81 bits per heavy atom. The molecule has 2 aromatic rings. The lowest BCUT2D eigenvalue weighted by Crippen LogP contribution is -2.12. The third-order valence-electron chi connectivity index (χ3n) is 2.80. The van der Waals surface area contributed by atoms with Gasteiger partial charge in [0.1, 0.15) is 10.7 Å². The van der Waals surface area contributed by atoms with Crippen LogP contribution in [0.5, 0.6) is 5.75 Å². The molecule has 2 rings (SSSR count). The van der Waals surface area contributed by atoms with Crippen LogP contribution in [0.1, 0.15) is 5.56 Å². The number of ether oxygens (including phenoxy) is 1. The van der Waals surface area contributed by atoms with Gasteiger partial charge < -0.3 is 15.8 Å². The molecule has 0 aliphatic carbocycles. The summed E-state index contributed by atoms with van der Waals surface area (Å²) < 4.78 is 44.9. The first-order valence-electron chi connectivity index (χ1n) is 5.82. The van der Waals surface area contributed by atoms with Crippen LogP contribution in [0.4, 0.5) is 24.5 Å². The summed E-state index contributed by atoms with van der Waals surface area (Å²) in [5.41, 5.74) is 6.09. The van der Waals surface area contributed by atoms with E-state index in [1.807, 2.05) is 0 Å². The first-order valence-corrected chi connectivity index (χ1v) is 6.23. The van der Waals surface area contributed by atoms with Crippen LogP contribution in [0.15, 0.2) is 30.3 Å². The van der Waals surface area contributed by atoms with Gasteiger partial charge in [0.25, 0.3) is 0 Å². The zero-order valence-corrected chi connectivity index (χ0v) is 11.7. The summed E-state index contributed by atoms with van der Waals surface area (Å²) in [6.45, 7) is 0.